The number of amides is 1. The predicted octanol–water partition coefficient (Wildman–Crippen LogP) is 3.22. The van der Waals surface area contributed by atoms with E-state index in [0.29, 0.717) is 28.1 Å². The fraction of sp³-hybridized carbons (Fsp3) is 0.462. The molecule has 0 aromatic heterocycles. The molecule has 2 atom stereocenters. The molecule has 1 aromatic carbocycles. The van der Waals surface area contributed by atoms with Crippen LogP contribution in [0.3, 0.4) is 0 Å². The second-order valence-corrected chi connectivity index (χ2v) is 5.63. The van der Waals surface area contributed by atoms with Crippen molar-refractivity contribution in [3.05, 3.63) is 33.8 Å². The molecule has 0 aliphatic carbocycles. The number of carbonyl (C=O) groups is 1. The minimum absolute atomic E-state index is 0. The molecule has 0 radical (unpaired) electrons. The van der Waals surface area contributed by atoms with Crippen molar-refractivity contribution in [1.29, 1.82) is 0 Å². The molecule has 6 heteroatoms. The number of likely N-dealkylation sites (tertiary alicyclic amines) is 1. The van der Waals surface area contributed by atoms with Gasteiger partial charge in [0.1, 0.15) is 0 Å². The first-order valence-corrected chi connectivity index (χ1v) is 6.74. The molecule has 19 heavy (non-hydrogen) atoms. The third kappa shape index (κ3) is 3.76. The van der Waals surface area contributed by atoms with E-state index in [2.05, 4.69) is 0 Å². The topological polar surface area (TPSA) is 46.3 Å². The first kappa shape index (κ1) is 16.6. The molecule has 0 bridgehead atoms. The van der Waals surface area contributed by atoms with Gasteiger partial charge in [-0.1, -0.05) is 23.2 Å². The third-order valence-electron chi connectivity index (χ3n) is 3.42. The molecule has 3 nitrogen and oxygen atoms in total. The Morgan fingerprint density at radius 1 is 1.47 bits per heavy atom. The number of hydrogen-bond acceptors (Lipinski definition) is 2. The van der Waals surface area contributed by atoms with Gasteiger partial charge in [0, 0.05) is 24.2 Å². The fourth-order valence-corrected chi connectivity index (χ4v) is 2.72. The quantitative estimate of drug-likeness (QED) is 0.908. The van der Waals surface area contributed by atoms with Gasteiger partial charge in [0.2, 0.25) is 0 Å². The normalized spacial score (nSPS) is 20.0. The molecule has 2 rings (SSSR count). The number of nitrogens with zero attached hydrogens (tertiary/aromatic N) is 1. The zero-order valence-electron chi connectivity index (χ0n) is 10.6. The van der Waals surface area contributed by atoms with Gasteiger partial charge in [-0.2, -0.15) is 0 Å². The maximum atomic E-state index is 12.3. The van der Waals surface area contributed by atoms with Crippen molar-refractivity contribution >= 4 is 41.5 Å². The van der Waals surface area contributed by atoms with E-state index in [1.54, 1.807) is 18.2 Å². The van der Waals surface area contributed by atoms with E-state index in [4.69, 9.17) is 28.9 Å². The van der Waals surface area contributed by atoms with Crippen LogP contribution < -0.4 is 5.73 Å². The molecule has 1 fully saturated rings. The van der Waals surface area contributed by atoms with E-state index in [1.807, 2.05) is 11.8 Å². The zero-order chi connectivity index (χ0) is 13.3. The van der Waals surface area contributed by atoms with Gasteiger partial charge >= 0.3 is 0 Å². The summed E-state index contributed by atoms with van der Waals surface area (Å²) in [4.78, 5) is 14.1. The van der Waals surface area contributed by atoms with Crippen LogP contribution in [-0.4, -0.2) is 29.9 Å². The highest BCUT2D eigenvalue weighted by atomic mass is 35.5. The standard InChI is InChI=1S/C13H16Cl2N2O.ClH/c1-8(16)9-4-5-17(7-9)13(18)11-3-2-10(14)6-12(11)15;/h2-3,6,8-9H,4-5,7,16H2,1H3;1H. The average Bonchev–Trinajstić information content (AvgIpc) is 2.77. The molecular weight excluding hydrogens is 307 g/mol. The van der Waals surface area contributed by atoms with Crippen molar-refractivity contribution in [3.8, 4) is 0 Å². The van der Waals surface area contributed by atoms with Crippen LogP contribution in [0.5, 0.6) is 0 Å². The summed E-state index contributed by atoms with van der Waals surface area (Å²) in [6, 6.07) is 5.06. The van der Waals surface area contributed by atoms with Crippen LogP contribution in [0.2, 0.25) is 10.0 Å². The Balaban J connectivity index is 0.00000180. The monoisotopic (exact) mass is 322 g/mol. The van der Waals surface area contributed by atoms with E-state index in [-0.39, 0.29) is 24.4 Å². The van der Waals surface area contributed by atoms with Crippen LogP contribution in [-0.2, 0) is 0 Å². The van der Waals surface area contributed by atoms with Gasteiger partial charge in [0.15, 0.2) is 0 Å². The Morgan fingerprint density at radius 3 is 2.68 bits per heavy atom. The second-order valence-electron chi connectivity index (χ2n) is 4.78. The lowest BCUT2D eigenvalue weighted by atomic mass is 10.0. The van der Waals surface area contributed by atoms with Crippen molar-refractivity contribution in [2.45, 2.75) is 19.4 Å². The van der Waals surface area contributed by atoms with Crippen molar-refractivity contribution < 1.29 is 4.79 Å². The smallest absolute Gasteiger partial charge is 0.255 e. The summed E-state index contributed by atoms with van der Waals surface area (Å²) in [5.41, 5.74) is 6.37. The van der Waals surface area contributed by atoms with Crippen LogP contribution in [0.1, 0.15) is 23.7 Å². The summed E-state index contributed by atoms with van der Waals surface area (Å²) in [7, 11) is 0. The van der Waals surface area contributed by atoms with Crippen LogP contribution >= 0.6 is 35.6 Å². The van der Waals surface area contributed by atoms with Gasteiger partial charge in [-0.25, -0.2) is 0 Å². The molecular formula is C13H17Cl3N2O. The maximum absolute atomic E-state index is 12.3. The Bertz CT molecular complexity index is 465. The van der Waals surface area contributed by atoms with E-state index in [0.717, 1.165) is 13.0 Å². The Hall–Kier alpha value is -0.480. The summed E-state index contributed by atoms with van der Waals surface area (Å²) in [6.07, 6.45) is 0.953. The Kier molecular flexibility index (Phi) is 5.93. The van der Waals surface area contributed by atoms with Gasteiger partial charge in [-0.3, -0.25) is 4.79 Å². The van der Waals surface area contributed by atoms with Crippen LogP contribution in [0, 0.1) is 5.92 Å². The van der Waals surface area contributed by atoms with Gasteiger partial charge < -0.3 is 10.6 Å². The third-order valence-corrected chi connectivity index (χ3v) is 3.96. The molecule has 0 saturated carbocycles. The van der Waals surface area contributed by atoms with E-state index in [9.17, 15) is 4.79 Å². The number of rotatable bonds is 2. The highest BCUT2D eigenvalue weighted by Crippen LogP contribution is 2.25. The first-order valence-electron chi connectivity index (χ1n) is 5.99. The van der Waals surface area contributed by atoms with E-state index >= 15 is 0 Å². The number of hydrogen-bond donors (Lipinski definition) is 1. The highest BCUT2D eigenvalue weighted by Gasteiger charge is 2.29. The summed E-state index contributed by atoms with van der Waals surface area (Å²) in [5.74, 6) is 0.333. The van der Waals surface area contributed by atoms with Crippen molar-refractivity contribution in [2.75, 3.05) is 13.1 Å². The summed E-state index contributed by atoms with van der Waals surface area (Å²) in [5, 5.41) is 0.933. The van der Waals surface area contributed by atoms with Crippen LogP contribution in [0.15, 0.2) is 18.2 Å². The maximum Gasteiger partial charge on any atom is 0.255 e. The number of nitrogens with two attached hydrogens (primary N) is 1. The molecule has 1 aromatic rings. The minimum Gasteiger partial charge on any atom is -0.338 e. The van der Waals surface area contributed by atoms with E-state index < -0.39 is 0 Å². The lowest BCUT2D eigenvalue weighted by Gasteiger charge is -2.18. The van der Waals surface area contributed by atoms with Crippen molar-refractivity contribution in [3.63, 3.8) is 0 Å². The van der Waals surface area contributed by atoms with Gasteiger partial charge in [0.05, 0.1) is 10.6 Å². The number of benzene rings is 1. The molecule has 1 aliphatic rings. The molecule has 2 unspecified atom stereocenters. The van der Waals surface area contributed by atoms with Crippen LogP contribution in [0.4, 0.5) is 0 Å². The molecule has 1 aliphatic heterocycles. The SMILES string of the molecule is CC(N)C1CCN(C(=O)c2ccc(Cl)cc2Cl)C1.Cl. The highest BCUT2D eigenvalue weighted by molar-refractivity contribution is 6.36. The average molecular weight is 324 g/mol. The van der Waals surface area contributed by atoms with Crippen molar-refractivity contribution in [1.82, 2.24) is 4.90 Å². The molecule has 106 valence electrons. The largest absolute Gasteiger partial charge is 0.338 e. The zero-order valence-corrected chi connectivity index (χ0v) is 12.9. The molecule has 1 heterocycles. The van der Waals surface area contributed by atoms with Gasteiger partial charge in [-0.05, 0) is 37.5 Å². The lowest BCUT2D eigenvalue weighted by Crippen LogP contribution is -2.33. The summed E-state index contributed by atoms with van der Waals surface area (Å²) in [6.45, 7) is 3.42. The summed E-state index contributed by atoms with van der Waals surface area (Å²) < 4.78 is 0. The Morgan fingerprint density at radius 2 is 2.16 bits per heavy atom. The molecule has 1 saturated heterocycles. The Labute approximate surface area is 129 Å². The number of halogens is 3. The van der Waals surface area contributed by atoms with Crippen LogP contribution in [0.25, 0.3) is 0 Å². The van der Waals surface area contributed by atoms with Gasteiger partial charge in [-0.15, -0.1) is 12.4 Å². The fourth-order valence-electron chi connectivity index (χ4n) is 2.23. The molecule has 1 amide bonds. The van der Waals surface area contributed by atoms with Gasteiger partial charge in [0.25, 0.3) is 5.91 Å². The first-order chi connectivity index (χ1) is 8.49. The van der Waals surface area contributed by atoms with E-state index in [1.165, 1.54) is 0 Å². The summed E-state index contributed by atoms with van der Waals surface area (Å²) >= 11 is 11.9. The number of carbonyl (C=O) groups excluding carboxylic acids is 1. The predicted molar refractivity (Wildman–Crippen MR) is 81.4 cm³/mol. The molecule has 2 N–H and O–H groups in total. The second kappa shape index (κ2) is 6.80. The molecule has 0 spiro atoms. The van der Waals surface area contributed by atoms with Crippen molar-refractivity contribution in [2.24, 2.45) is 11.7 Å². The lowest BCUT2D eigenvalue weighted by molar-refractivity contribution is 0.0786. The minimum atomic E-state index is -0.0418.